The molecule has 0 fully saturated rings. The predicted octanol–water partition coefficient (Wildman–Crippen LogP) is 3.07. The van der Waals surface area contributed by atoms with E-state index in [4.69, 9.17) is 4.42 Å². The summed E-state index contributed by atoms with van der Waals surface area (Å²) in [5.74, 6) is -0.217. The van der Waals surface area contributed by atoms with Crippen LogP contribution < -0.4 is 10.9 Å². The number of H-pyrrole nitrogens is 1. The van der Waals surface area contributed by atoms with Crippen LogP contribution in [0.25, 0.3) is 11.0 Å². The van der Waals surface area contributed by atoms with Crippen molar-refractivity contribution in [3.05, 3.63) is 52.1 Å². The van der Waals surface area contributed by atoms with Crippen molar-refractivity contribution in [2.24, 2.45) is 0 Å². The van der Waals surface area contributed by atoms with Gasteiger partial charge in [0, 0.05) is 17.1 Å². The van der Waals surface area contributed by atoms with Crippen LogP contribution in [0.1, 0.15) is 24.8 Å². The third-order valence-electron chi connectivity index (χ3n) is 3.58. The molecule has 3 aromatic rings. The summed E-state index contributed by atoms with van der Waals surface area (Å²) in [4.78, 5) is 30.9. The number of carbonyl (C=O) groups is 1. The summed E-state index contributed by atoms with van der Waals surface area (Å²) >= 11 is 1.13. The fourth-order valence-electron chi connectivity index (χ4n) is 2.49. The lowest BCUT2D eigenvalue weighted by Gasteiger charge is -2.05. The summed E-state index contributed by atoms with van der Waals surface area (Å²) in [6.45, 7) is 2.01. The number of nitrogens with zero attached hydrogens (tertiary/aromatic N) is 2. The summed E-state index contributed by atoms with van der Waals surface area (Å²) < 4.78 is 5.43. The maximum atomic E-state index is 12.3. The SMILES string of the molecule is CCCc1cc(=O)[nH]c(SCC(=O)Nc2c(C#N)oc3ccccc23)n1. The van der Waals surface area contributed by atoms with Crippen molar-refractivity contribution in [1.29, 1.82) is 5.26 Å². The lowest BCUT2D eigenvalue weighted by molar-refractivity contribution is -0.113. The van der Waals surface area contributed by atoms with Crippen molar-refractivity contribution in [1.82, 2.24) is 9.97 Å². The van der Waals surface area contributed by atoms with Gasteiger partial charge in [-0.1, -0.05) is 37.2 Å². The number of aryl methyl sites for hydroxylation is 1. The van der Waals surface area contributed by atoms with Crippen LogP contribution in [0.15, 0.2) is 44.7 Å². The first-order chi connectivity index (χ1) is 12.6. The van der Waals surface area contributed by atoms with Crippen molar-refractivity contribution < 1.29 is 9.21 Å². The third-order valence-corrected chi connectivity index (χ3v) is 4.45. The molecular formula is C18H16N4O3S. The van der Waals surface area contributed by atoms with Gasteiger partial charge in [-0.3, -0.25) is 9.59 Å². The molecule has 0 saturated heterocycles. The Labute approximate surface area is 153 Å². The molecule has 8 heteroatoms. The topological polar surface area (TPSA) is 112 Å². The zero-order valence-corrected chi connectivity index (χ0v) is 14.9. The van der Waals surface area contributed by atoms with E-state index in [-0.39, 0.29) is 23.0 Å². The maximum absolute atomic E-state index is 12.3. The van der Waals surface area contributed by atoms with Crippen LogP contribution in [0.4, 0.5) is 5.69 Å². The van der Waals surface area contributed by atoms with E-state index in [1.165, 1.54) is 6.07 Å². The summed E-state index contributed by atoms with van der Waals surface area (Å²) in [7, 11) is 0. The van der Waals surface area contributed by atoms with E-state index in [0.717, 1.165) is 18.2 Å². The van der Waals surface area contributed by atoms with E-state index >= 15 is 0 Å². The third kappa shape index (κ3) is 3.95. The number of benzene rings is 1. The second kappa shape index (κ2) is 7.89. The molecule has 7 nitrogen and oxygen atoms in total. The fourth-order valence-corrected chi connectivity index (χ4v) is 3.19. The van der Waals surface area contributed by atoms with Gasteiger partial charge in [0.15, 0.2) is 5.16 Å². The minimum Gasteiger partial charge on any atom is -0.443 e. The van der Waals surface area contributed by atoms with E-state index in [9.17, 15) is 14.9 Å². The highest BCUT2D eigenvalue weighted by Gasteiger charge is 2.16. The average molecular weight is 368 g/mol. The molecular weight excluding hydrogens is 352 g/mol. The van der Waals surface area contributed by atoms with Crippen LogP contribution in [0.2, 0.25) is 0 Å². The van der Waals surface area contributed by atoms with Crippen molar-refractivity contribution >= 4 is 34.3 Å². The van der Waals surface area contributed by atoms with Crippen molar-refractivity contribution in [2.75, 3.05) is 11.1 Å². The molecule has 0 aliphatic carbocycles. The Kier molecular flexibility index (Phi) is 5.39. The zero-order valence-electron chi connectivity index (χ0n) is 14.0. The van der Waals surface area contributed by atoms with E-state index < -0.39 is 0 Å². The average Bonchev–Trinajstić information content (AvgIpc) is 2.98. The molecule has 2 heterocycles. The van der Waals surface area contributed by atoms with E-state index in [0.29, 0.717) is 33.9 Å². The Morgan fingerprint density at radius 1 is 1.42 bits per heavy atom. The number of carbonyl (C=O) groups excluding carboxylic acids is 1. The summed E-state index contributed by atoms with van der Waals surface area (Å²) in [5.41, 5.74) is 1.35. The van der Waals surface area contributed by atoms with Crippen molar-refractivity contribution in [2.45, 2.75) is 24.9 Å². The summed E-state index contributed by atoms with van der Waals surface area (Å²) in [6, 6.07) is 10.5. The Morgan fingerprint density at radius 3 is 3.00 bits per heavy atom. The minimum atomic E-state index is -0.318. The second-order valence-electron chi connectivity index (χ2n) is 5.54. The van der Waals surface area contributed by atoms with Crippen LogP contribution in [-0.4, -0.2) is 21.6 Å². The first kappa shape index (κ1) is 17.8. The monoisotopic (exact) mass is 368 g/mol. The van der Waals surface area contributed by atoms with Gasteiger partial charge in [-0.15, -0.1) is 0 Å². The molecule has 0 radical (unpaired) electrons. The number of fused-ring (bicyclic) bond motifs is 1. The van der Waals surface area contributed by atoms with Crippen LogP contribution >= 0.6 is 11.8 Å². The number of nitriles is 1. The number of hydrogen-bond acceptors (Lipinski definition) is 6. The summed E-state index contributed by atoms with van der Waals surface area (Å²) in [5, 5.41) is 13.0. The van der Waals surface area contributed by atoms with Gasteiger partial charge in [-0.25, -0.2) is 4.98 Å². The molecule has 0 aliphatic rings. The number of furan rings is 1. The molecule has 3 rings (SSSR count). The molecule has 2 aromatic heterocycles. The molecule has 0 saturated carbocycles. The van der Waals surface area contributed by atoms with Crippen LogP contribution in [0, 0.1) is 11.3 Å². The molecule has 26 heavy (non-hydrogen) atoms. The molecule has 1 amide bonds. The van der Waals surface area contributed by atoms with E-state index in [1.54, 1.807) is 24.3 Å². The fraction of sp³-hybridized carbons (Fsp3) is 0.222. The highest BCUT2D eigenvalue weighted by Crippen LogP contribution is 2.30. The standard InChI is InChI=1S/C18H16N4O3S/c1-2-5-11-8-15(23)22-18(20-11)26-10-16(24)21-17-12-6-3-4-7-13(12)25-14(17)9-19/h3-4,6-8H,2,5,10H2,1H3,(H,21,24)(H,20,22,23). The normalized spacial score (nSPS) is 10.6. The number of anilines is 1. The molecule has 132 valence electrons. The van der Waals surface area contributed by atoms with E-state index in [1.807, 2.05) is 13.0 Å². The number of hydrogen-bond donors (Lipinski definition) is 2. The Balaban J connectivity index is 1.73. The Morgan fingerprint density at radius 2 is 2.23 bits per heavy atom. The Hall–Kier alpha value is -3.05. The quantitative estimate of drug-likeness (QED) is 0.511. The lowest BCUT2D eigenvalue weighted by atomic mass is 10.2. The number of amides is 1. The van der Waals surface area contributed by atoms with Gasteiger partial charge >= 0.3 is 0 Å². The number of aromatic amines is 1. The number of aromatic nitrogens is 2. The first-order valence-corrected chi connectivity index (χ1v) is 9.03. The van der Waals surface area contributed by atoms with Gasteiger partial charge in [-0.05, 0) is 18.6 Å². The van der Waals surface area contributed by atoms with Gasteiger partial charge in [0.1, 0.15) is 17.3 Å². The van der Waals surface area contributed by atoms with Crippen LogP contribution in [0.3, 0.4) is 0 Å². The van der Waals surface area contributed by atoms with Gasteiger partial charge < -0.3 is 14.7 Å². The van der Waals surface area contributed by atoms with Gasteiger partial charge in [-0.2, -0.15) is 5.26 Å². The molecule has 2 N–H and O–H groups in total. The number of thioether (sulfide) groups is 1. The van der Waals surface area contributed by atoms with Gasteiger partial charge in [0.2, 0.25) is 11.7 Å². The maximum Gasteiger partial charge on any atom is 0.251 e. The number of nitrogens with one attached hydrogen (secondary N) is 2. The molecule has 1 aromatic carbocycles. The molecule has 0 unspecified atom stereocenters. The second-order valence-corrected chi connectivity index (χ2v) is 6.51. The first-order valence-electron chi connectivity index (χ1n) is 8.05. The van der Waals surface area contributed by atoms with Gasteiger partial charge in [0.05, 0.1) is 5.75 Å². The number of para-hydroxylation sites is 1. The minimum absolute atomic E-state index is 0.0445. The van der Waals surface area contributed by atoms with Crippen molar-refractivity contribution in [3.8, 4) is 6.07 Å². The number of rotatable bonds is 6. The van der Waals surface area contributed by atoms with Crippen LogP contribution in [0.5, 0.6) is 0 Å². The summed E-state index contributed by atoms with van der Waals surface area (Å²) in [6.07, 6.45) is 1.59. The largest absolute Gasteiger partial charge is 0.443 e. The Bertz CT molecular complexity index is 1050. The highest BCUT2D eigenvalue weighted by atomic mass is 32.2. The molecule has 0 atom stereocenters. The van der Waals surface area contributed by atoms with Crippen molar-refractivity contribution in [3.63, 3.8) is 0 Å². The highest BCUT2D eigenvalue weighted by molar-refractivity contribution is 7.99. The van der Waals surface area contributed by atoms with Crippen LogP contribution in [-0.2, 0) is 11.2 Å². The lowest BCUT2D eigenvalue weighted by Crippen LogP contribution is -2.16. The van der Waals surface area contributed by atoms with Gasteiger partial charge in [0.25, 0.3) is 5.56 Å². The predicted molar refractivity (Wildman–Crippen MR) is 99.1 cm³/mol. The molecule has 0 aliphatic heterocycles. The molecule has 0 spiro atoms. The molecule has 0 bridgehead atoms. The zero-order chi connectivity index (χ0) is 18.5. The smallest absolute Gasteiger partial charge is 0.251 e. The van der Waals surface area contributed by atoms with E-state index in [2.05, 4.69) is 15.3 Å².